The highest BCUT2D eigenvalue weighted by Gasteiger charge is 2.36. The normalized spacial score (nSPS) is 18.1. The van der Waals surface area contributed by atoms with Crippen LogP contribution in [0.1, 0.15) is 23.4 Å². The molecule has 1 aliphatic heterocycles. The van der Waals surface area contributed by atoms with E-state index in [1.165, 1.54) is 0 Å². The van der Waals surface area contributed by atoms with Crippen LogP contribution in [0.15, 0.2) is 11.4 Å². The molecule has 1 unspecified atom stereocenters. The van der Waals surface area contributed by atoms with Gasteiger partial charge in [-0.1, -0.05) is 0 Å². The number of aryl methyl sites for hydroxylation is 1. The van der Waals surface area contributed by atoms with Gasteiger partial charge in [0.15, 0.2) is 0 Å². The van der Waals surface area contributed by atoms with Crippen molar-refractivity contribution in [2.24, 2.45) is 5.73 Å². The molecule has 2 amide bonds. The Kier molecular flexibility index (Phi) is 4.21. The molecule has 1 aromatic rings. The molecule has 19 heavy (non-hydrogen) atoms. The molecule has 1 aliphatic rings. The van der Waals surface area contributed by atoms with E-state index in [9.17, 15) is 9.59 Å². The molecule has 0 saturated carbocycles. The second-order valence-corrected chi connectivity index (χ2v) is 5.55. The Morgan fingerprint density at radius 2 is 2.11 bits per heavy atom. The summed E-state index contributed by atoms with van der Waals surface area (Å²) in [5.74, 6) is -0.849. The Bertz CT molecular complexity index is 486. The SMILES string of the molecule is CCN1CCN(C(CN)c2sccc2C)C(=O)C1=O. The van der Waals surface area contributed by atoms with Gasteiger partial charge in [-0.05, 0) is 30.9 Å². The monoisotopic (exact) mass is 281 g/mol. The lowest BCUT2D eigenvalue weighted by Gasteiger charge is -2.37. The minimum atomic E-state index is -0.434. The van der Waals surface area contributed by atoms with Crippen molar-refractivity contribution in [2.75, 3.05) is 26.2 Å². The fourth-order valence-corrected chi connectivity index (χ4v) is 3.44. The third kappa shape index (κ3) is 2.50. The van der Waals surface area contributed by atoms with Crippen molar-refractivity contribution < 1.29 is 9.59 Å². The number of hydrogen-bond acceptors (Lipinski definition) is 4. The van der Waals surface area contributed by atoms with Gasteiger partial charge in [-0.25, -0.2) is 0 Å². The predicted molar refractivity (Wildman–Crippen MR) is 74.8 cm³/mol. The van der Waals surface area contributed by atoms with Gasteiger partial charge in [-0.3, -0.25) is 9.59 Å². The minimum Gasteiger partial charge on any atom is -0.333 e. The summed E-state index contributed by atoms with van der Waals surface area (Å²) in [5, 5.41) is 1.99. The van der Waals surface area contributed by atoms with Crippen LogP contribution in [0, 0.1) is 6.92 Å². The number of amides is 2. The van der Waals surface area contributed by atoms with Gasteiger partial charge in [0.1, 0.15) is 0 Å². The van der Waals surface area contributed by atoms with E-state index in [0.29, 0.717) is 26.2 Å². The molecule has 2 heterocycles. The highest BCUT2D eigenvalue weighted by atomic mass is 32.1. The van der Waals surface area contributed by atoms with Crippen LogP contribution in [0.2, 0.25) is 0 Å². The summed E-state index contributed by atoms with van der Waals surface area (Å²) in [4.78, 5) is 28.4. The number of hydrogen-bond donors (Lipinski definition) is 1. The highest BCUT2D eigenvalue weighted by molar-refractivity contribution is 7.10. The number of piperazine rings is 1. The zero-order chi connectivity index (χ0) is 14.0. The number of nitrogens with zero attached hydrogens (tertiary/aromatic N) is 2. The minimum absolute atomic E-state index is 0.185. The second-order valence-electron chi connectivity index (χ2n) is 4.60. The van der Waals surface area contributed by atoms with Gasteiger partial charge in [-0.2, -0.15) is 0 Å². The van der Waals surface area contributed by atoms with Gasteiger partial charge in [0.05, 0.1) is 6.04 Å². The first-order chi connectivity index (χ1) is 9.10. The lowest BCUT2D eigenvalue weighted by molar-refractivity contribution is -0.157. The molecule has 1 saturated heterocycles. The highest BCUT2D eigenvalue weighted by Crippen LogP contribution is 2.29. The summed E-state index contributed by atoms with van der Waals surface area (Å²) in [7, 11) is 0. The van der Waals surface area contributed by atoms with Crippen molar-refractivity contribution in [3.05, 3.63) is 21.9 Å². The van der Waals surface area contributed by atoms with Gasteiger partial charge in [0.25, 0.3) is 0 Å². The van der Waals surface area contributed by atoms with Gasteiger partial charge < -0.3 is 15.5 Å². The van der Waals surface area contributed by atoms with E-state index in [1.54, 1.807) is 21.1 Å². The maximum Gasteiger partial charge on any atom is 0.312 e. The summed E-state index contributed by atoms with van der Waals surface area (Å²) in [6.45, 7) is 5.93. The zero-order valence-corrected chi connectivity index (χ0v) is 12.1. The van der Waals surface area contributed by atoms with Gasteiger partial charge in [-0.15, -0.1) is 11.3 Å². The molecule has 5 nitrogen and oxygen atoms in total. The topological polar surface area (TPSA) is 66.6 Å². The molecule has 0 bridgehead atoms. The Morgan fingerprint density at radius 1 is 1.37 bits per heavy atom. The first-order valence-electron chi connectivity index (χ1n) is 6.44. The van der Waals surface area contributed by atoms with Crippen molar-refractivity contribution in [3.63, 3.8) is 0 Å². The van der Waals surface area contributed by atoms with Crippen LogP contribution in [-0.4, -0.2) is 47.8 Å². The fraction of sp³-hybridized carbons (Fsp3) is 0.538. The van der Waals surface area contributed by atoms with Crippen LogP contribution in [0.3, 0.4) is 0 Å². The molecule has 1 fully saturated rings. The average Bonchev–Trinajstić information content (AvgIpc) is 2.82. The number of carbonyl (C=O) groups excluding carboxylic acids is 2. The summed E-state index contributed by atoms with van der Waals surface area (Å²) in [6.07, 6.45) is 0. The smallest absolute Gasteiger partial charge is 0.312 e. The molecule has 1 atom stereocenters. The van der Waals surface area contributed by atoms with Crippen LogP contribution < -0.4 is 5.73 Å². The maximum absolute atomic E-state index is 12.2. The van der Waals surface area contributed by atoms with Crippen LogP contribution in [0.25, 0.3) is 0 Å². The number of likely N-dealkylation sites (N-methyl/N-ethyl adjacent to an activating group) is 1. The van der Waals surface area contributed by atoms with E-state index in [4.69, 9.17) is 5.73 Å². The van der Waals surface area contributed by atoms with Crippen LogP contribution in [0.5, 0.6) is 0 Å². The molecular weight excluding hydrogens is 262 g/mol. The molecule has 2 rings (SSSR count). The quantitative estimate of drug-likeness (QED) is 0.828. The molecule has 2 N–H and O–H groups in total. The van der Waals surface area contributed by atoms with Crippen molar-refractivity contribution in [1.29, 1.82) is 0 Å². The van der Waals surface area contributed by atoms with Crippen molar-refractivity contribution >= 4 is 23.2 Å². The molecular formula is C13H19N3O2S. The van der Waals surface area contributed by atoms with Gasteiger partial charge >= 0.3 is 11.8 Å². The maximum atomic E-state index is 12.2. The Morgan fingerprint density at radius 3 is 2.63 bits per heavy atom. The van der Waals surface area contributed by atoms with Crippen molar-refractivity contribution in [3.8, 4) is 0 Å². The fourth-order valence-electron chi connectivity index (χ4n) is 2.39. The van der Waals surface area contributed by atoms with E-state index in [2.05, 4.69) is 0 Å². The summed E-state index contributed by atoms with van der Waals surface area (Å²) in [6, 6.07) is 1.83. The summed E-state index contributed by atoms with van der Waals surface area (Å²) < 4.78 is 0. The number of thiophene rings is 1. The first kappa shape index (κ1) is 14.0. The summed E-state index contributed by atoms with van der Waals surface area (Å²) in [5.41, 5.74) is 6.95. The Balaban J connectivity index is 2.23. The second kappa shape index (κ2) is 5.71. The molecule has 0 spiro atoms. The molecule has 0 radical (unpaired) electrons. The molecule has 0 aromatic carbocycles. The van der Waals surface area contributed by atoms with E-state index in [1.807, 2.05) is 25.3 Å². The molecule has 6 heteroatoms. The molecule has 1 aromatic heterocycles. The van der Waals surface area contributed by atoms with Crippen LogP contribution in [0.4, 0.5) is 0 Å². The lowest BCUT2D eigenvalue weighted by Crippen LogP contribution is -2.55. The molecule has 104 valence electrons. The number of rotatable bonds is 4. The largest absolute Gasteiger partial charge is 0.333 e. The Hall–Kier alpha value is -1.40. The molecule has 0 aliphatic carbocycles. The van der Waals surface area contributed by atoms with Crippen LogP contribution >= 0.6 is 11.3 Å². The van der Waals surface area contributed by atoms with Gasteiger partial charge in [0.2, 0.25) is 0 Å². The third-order valence-electron chi connectivity index (χ3n) is 3.53. The van der Waals surface area contributed by atoms with E-state index < -0.39 is 11.8 Å². The predicted octanol–water partition coefficient (Wildman–Crippen LogP) is 0.747. The van der Waals surface area contributed by atoms with E-state index >= 15 is 0 Å². The average molecular weight is 281 g/mol. The zero-order valence-electron chi connectivity index (χ0n) is 11.3. The summed E-state index contributed by atoms with van der Waals surface area (Å²) >= 11 is 1.59. The van der Waals surface area contributed by atoms with E-state index in [-0.39, 0.29) is 6.04 Å². The van der Waals surface area contributed by atoms with E-state index in [0.717, 1.165) is 10.4 Å². The Labute approximate surface area is 117 Å². The number of nitrogens with two attached hydrogens (primary N) is 1. The van der Waals surface area contributed by atoms with Crippen LogP contribution in [-0.2, 0) is 9.59 Å². The number of carbonyl (C=O) groups is 2. The third-order valence-corrected chi connectivity index (χ3v) is 4.65. The lowest BCUT2D eigenvalue weighted by atomic mass is 10.1. The van der Waals surface area contributed by atoms with Gasteiger partial charge in [0, 0.05) is 31.1 Å². The first-order valence-corrected chi connectivity index (χ1v) is 7.32. The standard InChI is InChI=1S/C13H19N3O2S/c1-3-15-5-6-16(13(18)12(15)17)10(8-14)11-9(2)4-7-19-11/h4,7,10H,3,5-6,8,14H2,1-2H3. The van der Waals surface area contributed by atoms with Crippen molar-refractivity contribution in [1.82, 2.24) is 9.80 Å². The van der Waals surface area contributed by atoms with Crippen molar-refractivity contribution in [2.45, 2.75) is 19.9 Å².